The number of aliphatic hydroxyl groups excluding tert-OH is 1. The number of methoxy groups -OCH3 is 1. The fraction of sp³-hybridized carbons (Fsp3) is 0.795. The molecule has 8 heteroatoms. The molecule has 0 aliphatic rings. The van der Waals surface area contributed by atoms with E-state index in [0.29, 0.717) is 25.0 Å². The number of benzene rings is 1. The van der Waals surface area contributed by atoms with Gasteiger partial charge in [0.25, 0.3) is 0 Å². The van der Waals surface area contributed by atoms with E-state index in [1.54, 1.807) is 0 Å². The minimum Gasteiger partial charge on any atom is -0.469 e. The molecule has 0 radical (unpaired) electrons. The summed E-state index contributed by atoms with van der Waals surface area (Å²) >= 11 is 0. The molecule has 0 bridgehead atoms. The Kier molecular flexibility index (Phi) is 15.5. The summed E-state index contributed by atoms with van der Waals surface area (Å²) in [4.78, 5) is 44.0. The molecule has 300 valence electrons. The van der Waals surface area contributed by atoms with Gasteiger partial charge in [-0.05, 0) is 93.5 Å². The van der Waals surface area contributed by atoms with Gasteiger partial charge in [0, 0.05) is 11.1 Å². The van der Waals surface area contributed by atoms with E-state index in [0.717, 1.165) is 11.1 Å². The van der Waals surface area contributed by atoms with E-state index in [4.69, 9.17) is 14.2 Å². The summed E-state index contributed by atoms with van der Waals surface area (Å²) in [6, 6.07) is 6.10. The van der Waals surface area contributed by atoms with Crippen molar-refractivity contribution in [1.29, 1.82) is 0 Å². The number of carbonyl (C=O) groups excluding carboxylic acids is 3. The van der Waals surface area contributed by atoms with E-state index in [9.17, 15) is 19.5 Å². The highest BCUT2D eigenvalue weighted by molar-refractivity contribution is 5.83. The molecular weight excluding hydrogens is 654 g/mol. The first-order chi connectivity index (χ1) is 23.3. The molecule has 8 nitrogen and oxygen atoms in total. The molecule has 52 heavy (non-hydrogen) atoms. The van der Waals surface area contributed by atoms with Gasteiger partial charge in [0.15, 0.2) is 0 Å². The van der Waals surface area contributed by atoms with Crippen molar-refractivity contribution in [3.05, 3.63) is 29.3 Å². The van der Waals surface area contributed by atoms with Gasteiger partial charge in [-0.25, -0.2) is 4.79 Å². The molecule has 0 aliphatic carbocycles. The van der Waals surface area contributed by atoms with E-state index >= 15 is 0 Å². The Morgan fingerprint density at radius 1 is 0.731 bits per heavy atom. The predicted octanol–water partition coefficient (Wildman–Crippen LogP) is 9.38. The van der Waals surface area contributed by atoms with Crippen molar-refractivity contribution in [2.24, 2.45) is 39.4 Å². The summed E-state index contributed by atoms with van der Waals surface area (Å²) < 4.78 is 17.6. The number of aliphatic hydroxyl groups is 1. The molecule has 6 unspecified atom stereocenters. The molecule has 0 amide bonds. The average Bonchev–Trinajstić information content (AvgIpc) is 2.99. The van der Waals surface area contributed by atoms with Crippen molar-refractivity contribution in [3.63, 3.8) is 0 Å². The van der Waals surface area contributed by atoms with Gasteiger partial charge in [-0.15, -0.1) is 0 Å². The highest BCUT2D eigenvalue weighted by atomic mass is 16.5. The van der Waals surface area contributed by atoms with Crippen LogP contribution < -0.4 is 4.74 Å². The quantitative estimate of drug-likeness (QED) is 0.133. The van der Waals surface area contributed by atoms with Crippen molar-refractivity contribution in [1.82, 2.24) is 4.90 Å². The minimum absolute atomic E-state index is 0.111. The molecule has 0 aromatic heterocycles. The third-order valence-electron chi connectivity index (χ3n) is 12.1. The van der Waals surface area contributed by atoms with Crippen LogP contribution >= 0.6 is 0 Å². The summed E-state index contributed by atoms with van der Waals surface area (Å²) in [5.41, 5.74) is -2.14. The lowest BCUT2D eigenvalue weighted by atomic mass is 9.54. The maximum atomic E-state index is 14.5. The number of hydrogen-bond acceptors (Lipinski definition) is 8. The fourth-order valence-corrected chi connectivity index (χ4v) is 8.33. The highest BCUT2D eigenvalue weighted by Gasteiger charge is 2.54. The lowest BCUT2D eigenvalue weighted by Crippen LogP contribution is -2.54. The van der Waals surface area contributed by atoms with Crippen molar-refractivity contribution >= 4 is 17.9 Å². The van der Waals surface area contributed by atoms with Crippen LogP contribution in [0, 0.1) is 39.4 Å². The van der Waals surface area contributed by atoms with Gasteiger partial charge in [0.1, 0.15) is 17.9 Å². The number of ether oxygens (including phenoxy) is 3. The third kappa shape index (κ3) is 11.1. The summed E-state index contributed by atoms with van der Waals surface area (Å²) in [5.74, 6) is -1.01. The van der Waals surface area contributed by atoms with Gasteiger partial charge >= 0.3 is 17.9 Å². The first kappa shape index (κ1) is 47.6. The van der Waals surface area contributed by atoms with E-state index in [-0.39, 0.29) is 59.2 Å². The van der Waals surface area contributed by atoms with Crippen LogP contribution in [0.15, 0.2) is 18.2 Å². The van der Waals surface area contributed by atoms with Gasteiger partial charge in [0.2, 0.25) is 0 Å². The Labute approximate surface area is 318 Å². The molecule has 1 aromatic rings. The molecule has 1 rings (SSSR count). The van der Waals surface area contributed by atoms with Gasteiger partial charge in [-0.1, -0.05) is 115 Å². The van der Waals surface area contributed by atoms with Gasteiger partial charge < -0.3 is 19.3 Å². The summed E-state index contributed by atoms with van der Waals surface area (Å²) in [7, 11) is 5.21. The number of carbonyl (C=O) groups is 3. The van der Waals surface area contributed by atoms with Crippen molar-refractivity contribution in [2.75, 3.05) is 34.4 Å². The Morgan fingerprint density at radius 3 is 1.60 bits per heavy atom. The first-order valence-corrected chi connectivity index (χ1v) is 19.2. The third-order valence-corrected chi connectivity index (χ3v) is 12.1. The Morgan fingerprint density at radius 2 is 1.21 bits per heavy atom. The first-order valence-electron chi connectivity index (χ1n) is 19.2. The summed E-state index contributed by atoms with van der Waals surface area (Å²) in [5, 5.41) is 9.60. The monoisotopic (exact) mass is 732 g/mol. The molecule has 0 fully saturated rings. The van der Waals surface area contributed by atoms with E-state index in [1.165, 1.54) is 7.11 Å². The van der Waals surface area contributed by atoms with E-state index < -0.39 is 27.8 Å². The van der Waals surface area contributed by atoms with Crippen LogP contribution in [0.25, 0.3) is 0 Å². The minimum atomic E-state index is -1.04. The van der Waals surface area contributed by atoms with Gasteiger partial charge in [-0.3, -0.25) is 14.5 Å². The molecule has 0 saturated heterocycles. The van der Waals surface area contributed by atoms with Crippen molar-refractivity contribution < 1.29 is 33.7 Å². The number of rotatable bonds is 16. The number of hydrogen-bond donors (Lipinski definition) is 1. The predicted molar refractivity (Wildman–Crippen MR) is 212 cm³/mol. The molecule has 0 heterocycles. The highest BCUT2D eigenvalue weighted by Crippen LogP contribution is 2.54. The fourth-order valence-electron chi connectivity index (χ4n) is 8.33. The normalized spacial score (nSPS) is 18.3. The molecule has 1 aromatic carbocycles. The average molecular weight is 732 g/mol. The maximum absolute atomic E-state index is 14.5. The van der Waals surface area contributed by atoms with Crippen molar-refractivity contribution in [3.8, 4) is 5.75 Å². The molecule has 1 N–H and O–H groups in total. The van der Waals surface area contributed by atoms with Crippen LogP contribution in [0.3, 0.4) is 0 Å². The van der Waals surface area contributed by atoms with Crippen LogP contribution in [0.1, 0.15) is 148 Å². The standard InChI is InChI=1S/C44H77NO7/c1-29(26-44(17,45(18)19)37(49)52-34-32(39(7,8)9)22-21-23-33(34)40(10,11)12)30(2)42(15,36(48)51-25-24-46)28-41(13,14)31(3)43(16,35(47)50-20)27-38(4,5)6/h21-23,29-31,46H,24-28H2,1-20H3. The Balaban J connectivity index is 3.74. The number of likely N-dealkylation sites (N-methyl/N-ethyl adjacent to an activating group) is 1. The SMILES string of the molecule is COC(=O)C(C)(CC(C)(C)C)C(C)C(C)(C)CC(C)(C(=O)OCCO)C(C)C(C)CC(C)(C(=O)Oc1c(C(C)(C)C)cccc1C(C)(C)C)N(C)C. The second-order valence-corrected chi connectivity index (χ2v) is 20.5. The number of para-hydroxylation sites is 1. The number of esters is 3. The molecule has 0 aliphatic heterocycles. The lowest BCUT2D eigenvalue weighted by molar-refractivity contribution is -0.168. The zero-order chi connectivity index (χ0) is 41.1. The molecule has 0 saturated carbocycles. The largest absolute Gasteiger partial charge is 0.469 e. The van der Waals surface area contributed by atoms with Crippen LogP contribution in [-0.4, -0.2) is 67.9 Å². The van der Waals surface area contributed by atoms with Crippen LogP contribution in [0.5, 0.6) is 5.75 Å². The second-order valence-electron chi connectivity index (χ2n) is 20.5. The van der Waals surface area contributed by atoms with Gasteiger partial charge in [-0.2, -0.15) is 0 Å². The second kappa shape index (κ2) is 16.9. The lowest BCUT2D eigenvalue weighted by Gasteiger charge is -2.50. The zero-order valence-electron chi connectivity index (χ0n) is 36.8. The van der Waals surface area contributed by atoms with Crippen LogP contribution in [-0.2, 0) is 34.7 Å². The van der Waals surface area contributed by atoms with E-state index in [1.807, 2.05) is 64.9 Å². The van der Waals surface area contributed by atoms with E-state index in [2.05, 4.69) is 90.0 Å². The molecule has 0 spiro atoms. The van der Waals surface area contributed by atoms with Gasteiger partial charge in [0.05, 0.1) is 24.5 Å². The van der Waals surface area contributed by atoms with Crippen molar-refractivity contribution in [2.45, 2.75) is 153 Å². The molecular formula is C44H77NO7. The number of nitrogens with zero attached hydrogens (tertiary/aromatic N) is 1. The maximum Gasteiger partial charge on any atom is 0.331 e. The Bertz CT molecular complexity index is 1350. The summed E-state index contributed by atoms with van der Waals surface area (Å²) in [6.45, 7) is 34.9. The van der Waals surface area contributed by atoms with Crippen LogP contribution in [0.4, 0.5) is 0 Å². The summed E-state index contributed by atoms with van der Waals surface area (Å²) in [6.07, 6.45) is 1.42. The topological polar surface area (TPSA) is 102 Å². The zero-order valence-corrected chi connectivity index (χ0v) is 36.8. The molecule has 6 atom stereocenters. The van der Waals surface area contributed by atoms with Crippen LogP contribution in [0.2, 0.25) is 0 Å². The smallest absolute Gasteiger partial charge is 0.331 e. The Hall–Kier alpha value is -2.45.